The van der Waals surface area contributed by atoms with E-state index in [2.05, 4.69) is 4.74 Å². The van der Waals surface area contributed by atoms with Crippen molar-refractivity contribution < 1.29 is 28.6 Å². The highest BCUT2D eigenvalue weighted by Gasteiger charge is 2.37. The minimum absolute atomic E-state index is 0.0939. The molecule has 2 heterocycles. The molecule has 0 unspecified atom stereocenters. The summed E-state index contributed by atoms with van der Waals surface area (Å²) in [7, 11) is 3.04. The van der Waals surface area contributed by atoms with Gasteiger partial charge in [-0.05, 0) is 29.8 Å². The van der Waals surface area contributed by atoms with Crippen molar-refractivity contribution in [2.24, 2.45) is 5.92 Å². The average Bonchev–Trinajstić information content (AvgIpc) is 3.38. The average molecular weight is 410 g/mol. The first-order chi connectivity index (χ1) is 14.5. The fraction of sp³-hybridized carbons (Fsp3) is 0.318. The van der Waals surface area contributed by atoms with Gasteiger partial charge < -0.3 is 24.0 Å². The van der Waals surface area contributed by atoms with E-state index < -0.39 is 11.9 Å². The summed E-state index contributed by atoms with van der Waals surface area (Å²) in [5.74, 6) is 0.242. The summed E-state index contributed by atoms with van der Waals surface area (Å²) >= 11 is 0. The van der Waals surface area contributed by atoms with Gasteiger partial charge in [0.15, 0.2) is 11.5 Å². The molecule has 156 valence electrons. The number of carbonyl (C=O) groups is 3. The third-order valence-corrected chi connectivity index (χ3v) is 5.31. The van der Waals surface area contributed by atoms with Crippen molar-refractivity contribution in [3.05, 3.63) is 53.6 Å². The van der Waals surface area contributed by atoms with Crippen molar-refractivity contribution in [1.82, 2.24) is 4.90 Å². The van der Waals surface area contributed by atoms with Gasteiger partial charge in [-0.1, -0.05) is 12.1 Å². The monoisotopic (exact) mass is 410 g/mol. The van der Waals surface area contributed by atoms with E-state index in [1.165, 1.54) is 7.11 Å². The fourth-order valence-electron chi connectivity index (χ4n) is 3.70. The lowest BCUT2D eigenvalue weighted by molar-refractivity contribution is -0.135. The number of amides is 2. The molecule has 8 heteroatoms. The van der Waals surface area contributed by atoms with E-state index in [1.54, 1.807) is 59.3 Å². The van der Waals surface area contributed by atoms with E-state index >= 15 is 0 Å². The summed E-state index contributed by atoms with van der Waals surface area (Å²) < 4.78 is 15.4. The third kappa shape index (κ3) is 3.80. The van der Waals surface area contributed by atoms with E-state index in [9.17, 15) is 14.4 Å². The van der Waals surface area contributed by atoms with Gasteiger partial charge in [-0.15, -0.1) is 0 Å². The summed E-state index contributed by atoms with van der Waals surface area (Å²) in [5.41, 5.74) is 2.03. The molecular weight excluding hydrogens is 388 g/mol. The molecule has 1 fully saturated rings. The van der Waals surface area contributed by atoms with Crippen LogP contribution in [0.4, 0.5) is 5.69 Å². The smallest absolute Gasteiger partial charge is 0.337 e. The summed E-state index contributed by atoms with van der Waals surface area (Å²) in [4.78, 5) is 40.2. The van der Waals surface area contributed by atoms with E-state index in [0.29, 0.717) is 35.8 Å². The molecule has 2 aliphatic rings. The number of esters is 1. The Bertz CT molecular complexity index is 988. The summed E-state index contributed by atoms with van der Waals surface area (Å²) in [6, 6.07) is 12.2. The van der Waals surface area contributed by atoms with Crippen LogP contribution < -0.4 is 14.4 Å². The van der Waals surface area contributed by atoms with Gasteiger partial charge >= 0.3 is 5.97 Å². The molecule has 0 aromatic heterocycles. The topological polar surface area (TPSA) is 85.4 Å². The Morgan fingerprint density at radius 2 is 1.87 bits per heavy atom. The molecule has 2 amide bonds. The van der Waals surface area contributed by atoms with Crippen LogP contribution >= 0.6 is 0 Å². The zero-order valence-electron chi connectivity index (χ0n) is 16.8. The van der Waals surface area contributed by atoms with Gasteiger partial charge in [0.25, 0.3) is 0 Å². The Balaban J connectivity index is 1.40. The molecule has 1 saturated heterocycles. The molecule has 0 N–H and O–H groups in total. The molecule has 0 bridgehead atoms. The largest absolute Gasteiger partial charge is 0.465 e. The normalized spacial score (nSPS) is 17.2. The molecule has 30 heavy (non-hydrogen) atoms. The molecule has 1 atom stereocenters. The molecule has 2 aromatic rings. The predicted molar refractivity (Wildman–Crippen MR) is 107 cm³/mol. The maximum atomic E-state index is 12.9. The second kappa shape index (κ2) is 8.06. The highest BCUT2D eigenvalue weighted by Crippen LogP contribution is 2.37. The first-order valence-corrected chi connectivity index (χ1v) is 9.58. The van der Waals surface area contributed by atoms with E-state index in [4.69, 9.17) is 9.47 Å². The van der Waals surface area contributed by atoms with Crippen LogP contribution in [0.3, 0.4) is 0 Å². The lowest BCUT2D eigenvalue weighted by Crippen LogP contribution is -2.34. The van der Waals surface area contributed by atoms with Crippen LogP contribution in [0.5, 0.6) is 11.5 Å². The molecule has 0 spiro atoms. The minimum Gasteiger partial charge on any atom is -0.465 e. The van der Waals surface area contributed by atoms with Crippen molar-refractivity contribution in [1.29, 1.82) is 0 Å². The van der Waals surface area contributed by atoms with Gasteiger partial charge in [-0.3, -0.25) is 9.59 Å². The SMILES string of the molecule is COC(=O)c1ccc(CN(C)C(=O)[C@@H]2CC(=O)N(c3ccc4c(c3)OCO4)C2)cc1. The molecule has 8 nitrogen and oxygen atoms in total. The molecular formula is C22H22N2O6. The third-order valence-electron chi connectivity index (χ3n) is 5.31. The van der Waals surface area contributed by atoms with E-state index in [1.807, 2.05) is 0 Å². The number of hydrogen-bond donors (Lipinski definition) is 0. The molecule has 4 rings (SSSR count). The number of anilines is 1. The van der Waals surface area contributed by atoms with Crippen molar-refractivity contribution in [3.8, 4) is 11.5 Å². The fourth-order valence-corrected chi connectivity index (χ4v) is 3.70. The number of rotatable bonds is 5. The first kappa shape index (κ1) is 19.8. The molecule has 0 saturated carbocycles. The standard InChI is InChI=1S/C22H22N2O6/c1-23(11-14-3-5-15(6-4-14)22(27)28-2)21(26)16-9-20(25)24(12-16)17-7-8-18-19(10-17)30-13-29-18/h3-8,10,16H,9,11-13H2,1-2H3/t16-/m1/s1. The number of ether oxygens (including phenoxy) is 3. The van der Waals surface area contributed by atoms with Crippen molar-refractivity contribution in [2.45, 2.75) is 13.0 Å². The van der Waals surface area contributed by atoms with Gasteiger partial charge in [0.2, 0.25) is 18.6 Å². The summed E-state index contributed by atoms with van der Waals surface area (Å²) in [6.07, 6.45) is 0.166. The number of carbonyl (C=O) groups excluding carboxylic acids is 3. The highest BCUT2D eigenvalue weighted by atomic mass is 16.7. The maximum Gasteiger partial charge on any atom is 0.337 e. The maximum absolute atomic E-state index is 12.9. The van der Waals surface area contributed by atoms with Gasteiger partial charge in [0.05, 0.1) is 18.6 Å². The predicted octanol–water partition coefficient (Wildman–Crippen LogP) is 2.21. The van der Waals surface area contributed by atoms with Gasteiger partial charge in [-0.2, -0.15) is 0 Å². The Morgan fingerprint density at radius 1 is 1.13 bits per heavy atom. The number of nitrogens with zero attached hydrogens (tertiary/aromatic N) is 2. The van der Waals surface area contributed by atoms with Crippen LogP contribution in [0.15, 0.2) is 42.5 Å². The first-order valence-electron chi connectivity index (χ1n) is 9.58. The Kier molecular flexibility index (Phi) is 5.31. The second-order valence-electron chi connectivity index (χ2n) is 7.33. The van der Waals surface area contributed by atoms with Crippen LogP contribution in [0, 0.1) is 5.92 Å². The molecule has 2 aliphatic heterocycles. The summed E-state index contributed by atoms with van der Waals surface area (Å²) in [5, 5.41) is 0. The van der Waals surface area contributed by atoms with Crippen LogP contribution in [0.2, 0.25) is 0 Å². The zero-order chi connectivity index (χ0) is 21.3. The van der Waals surface area contributed by atoms with Crippen molar-refractivity contribution in [3.63, 3.8) is 0 Å². The number of benzene rings is 2. The van der Waals surface area contributed by atoms with Gasteiger partial charge in [-0.25, -0.2) is 4.79 Å². The number of hydrogen-bond acceptors (Lipinski definition) is 6. The van der Waals surface area contributed by atoms with Crippen molar-refractivity contribution >= 4 is 23.5 Å². The van der Waals surface area contributed by atoms with E-state index in [-0.39, 0.29) is 25.0 Å². The summed E-state index contributed by atoms with van der Waals surface area (Å²) in [6.45, 7) is 0.872. The number of methoxy groups -OCH3 is 1. The van der Waals surface area contributed by atoms with Crippen LogP contribution in [-0.2, 0) is 20.9 Å². The van der Waals surface area contributed by atoms with Crippen molar-refractivity contribution in [2.75, 3.05) is 32.4 Å². The Hall–Kier alpha value is -3.55. The quantitative estimate of drug-likeness (QED) is 0.703. The molecule has 0 aliphatic carbocycles. The van der Waals surface area contributed by atoms with Gasteiger partial charge in [0.1, 0.15) is 0 Å². The number of fused-ring (bicyclic) bond motifs is 1. The van der Waals surface area contributed by atoms with Crippen LogP contribution in [0.1, 0.15) is 22.3 Å². The van der Waals surface area contributed by atoms with Crippen LogP contribution in [-0.4, -0.2) is 50.2 Å². The second-order valence-corrected chi connectivity index (χ2v) is 7.33. The minimum atomic E-state index is -0.415. The zero-order valence-corrected chi connectivity index (χ0v) is 16.8. The van der Waals surface area contributed by atoms with Gasteiger partial charge in [0, 0.05) is 38.3 Å². The lowest BCUT2D eigenvalue weighted by Gasteiger charge is -2.22. The Morgan fingerprint density at radius 3 is 2.60 bits per heavy atom. The lowest BCUT2D eigenvalue weighted by atomic mass is 10.1. The Labute approximate surface area is 173 Å². The van der Waals surface area contributed by atoms with Crippen LogP contribution in [0.25, 0.3) is 0 Å². The molecule has 2 aromatic carbocycles. The highest BCUT2D eigenvalue weighted by molar-refractivity contribution is 6.00. The van der Waals surface area contributed by atoms with E-state index in [0.717, 1.165) is 5.56 Å². The molecule has 0 radical (unpaired) electrons.